The maximum atomic E-state index is 14.2. The molecule has 4 N–H and O–H groups in total. The van der Waals surface area contributed by atoms with Crippen molar-refractivity contribution in [2.24, 2.45) is 5.73 Å². The number of anilines is 1. The molecular formula is C30H42N4O6. The summed E-state index contributed by atoms with van der Waals surface area (Å²) in [5.74, 6) is -1.31. The van der Waals surface area contributed by atoms with Gasteiger partial charge in [-0.1, -0.05) is 23.8 Å². The van der Waals surface area contributed by atoms with Crippen molar-refractivity contribution in [3.8, 4) is 5.75 Å². The van der Waals surface area contributed by atoms with Crippen molar-refractivity contribution in [1.29, 1.82) is 0 Å². The minimum Gasteiger partial charge on any atom is -0.497 e. The molecule has 10 heteroatoms. The third kappa shape index (κ3) is 9.00. The Morgan fingerprint density at radius 1 is 0.950 bits per heavy atom. The number of hydrogen-bond donors (Lipinski definition) is 3. The number of carbonyl (C=O) groups is 4. The minimum atomic E-state index is -1.37. The van der Waals surface area contributed by atoms with E-state index >= 15 is 0 Å². The Labute approximate surface area is 236 Å². The van der Waals surface area contributed by atoms with E-state index in [-0.39, 0.29) is 0 Å². The molecule has 10 nitrogen and oxygen atoms in total. The van der Waals surface area contributed by atoms with Gasteiger partial charge in [0.25, 0.3) is 5.91 Å². The van der Waals surface area contributed by atoms with Gasteiger partial charge in [0.05, 0.1) is 13.5 Å². The fraction of sp³-hybridized carbons (Fsp3) is 0.467. The van der Waals surface area contributed by atoms with E-state index in [1.54, 1.807) is 72.9 Å². The second-order valence-corrected chi connectivity index (χ2v) is 11.7. The Bertz CT molecular complexity index is 1230. The molecule has 2 atom stereocenters. The lowest BCUT2D eigenvalue weighted by Crippen LogP contribution is -2.58. The normalized spacial score (nSPS) is 13.0. The number of alkyl carbamates (subject to hydrolysis) is 1. The summed E-state index contributed by atoms with van der Waals surface area (Å²) in [4.78, 5) is 54.3. The van der Waals surface area contributed by atoms with Gasteiger partial charge in [-0.15, -0.1) is 0 Å². The number of aryl methyl sites for hydroxylation is 2. The minimum absolute atomic E-state index is 0.475. The molecule has 40 heavy (non-hydrogen) atoms. The molecule has 0 fully saturated rings. The van der Waals surface area contributed by atoms with Gasteiger partial charge in [-0.05, 0) is 90.8 Å². The molecule has 0 saturated heterocycles. The van der Waals surface area contributed by atoms with Crippen molar-refractivity contribution in [2.75, 3.05) is 12.4 Å². The average Bonchev–Trinajstić information content (AvgIpc) is 2.81. The molecule has 0 saturated carbocycles. The van der Waals surface area contributed by atoms with Gasteiger partial charge in [-0.2, -0.15) is 0 Å². The summed E-state index contributed by atoms with van der Waals surface area (Å²) < 4.78 is 10.5. The maximum Gasteiger partial charge on any atom is 0.408 e. The van der Waals surface area contributed by atoms with Gasteiger partial charge in [-0.25, -0.2) is 4.79 Å². The number of carbonyl (C=O) groups excluding carboxylic acids is 4. The number of benzene rings is 2. The van der Waals surface area contributed by atoms with Gasteiger partial charge in [0.1, 0.15) is 23.4 Å². The summed E-state index contributed by atoms with van der Waals surface area (Å²) in [5, 5.41) is 5.40. The number of nitrogens with two attached hydrogens (primary N) is 1. The summed E-state index contributed by atoms with van der Waals surface area (Å²) in [5.41, 5.74) is 6.48. The summed E-state index contributed by atoms with van der Waals surface area (Å²) in [6, 6.07) is 9.97. The monoisotopic (exact) mass is 554 g/mol. The Kier molecular flexibility index (Phi) is 10.3. The van der Waals surface area contributed by atoms with Crippen molar-refractivity contribution in [3.63, 3.8) is 0 Å². The molecule has 0 radical (unpaired) electrons. The van der Waals surface area contributed by atoms with Crippen molar-refractivity contribution in [2.45, 2.75) is 85.0 Å². The van der Waals surface area contributed by atoms with Gasteiger partial charge in [0.15, 0.2) is 0 Å². The van der Waals surface area contributed by atoms with E-state index in [0.717, 1.165) is 11.1 Å². The van der Waals surface area contributed by atoms with E-state index in [4.69, 9.17) is 15.2 Å². The first-order chi connectivity index (χ1) is 18.4. The Morgan fingerprint density at radius 3 is 2.05 bits per heavy atom. The number of rotatable bonds is 9. The molecule has 0 aliphatic carbocycles. The standard InChI is InChI=1S/C30H42N4O6/c1-18-10-11-19(2)22(16-18)25(26(36)32-20-12-14-21(39-9)15-13-20)34(29(3,4)5)27(37)23(17-24(31)35)33-28(38)40-30(6,7)8/h10-16,23,25H,17H2,1-9H3,(H2,31,35)(H,32,36)(H,33,38). The molecule has 2 aromatic rings. The van der Waals surface area contributed by atoms with Crippen LogP contribution in [0.15, 0.2) is 42.5 Å². The van der Waals surface area contributed by atoms with Crippen LogP contribution in [0.3, 0.4) is 0 Å². The molecule has 4 amide bonds. The van der Waals surface area contributed by atoms with Crippen LogP contribution in [0.1, 0.15) is 70.7 Å². The molecule has 0 aromatic heterocycles. The van der Waals surface area contributed by atoms with E-state index in [2.05, 4.69) is 10.6 Å². The molecule has 0 aliphatic rings. The zero-order valence-electron chi connectivity index (χ0n) is 24.9. The van der Waals surface area contributed by atoms with E-state index in [0.29, 0.717) is 17.0 Å². The summed E-state index contributed by atoms with van der Waals surface area (Å²) >= 11 is 0. The van der Waals surface area contributed by atoms with E-state index < -0.39 is 53.5 Å². The lowest BCUT2D eigenvalue weighted by Gasteiger charge is -2.43. The summed E-state index contributed by atoms with van der Waals surface area (Å²) in [7, 11) is 1.55. The first-order valence-electron chi connectivity index (χ1n) is 13.1. The van der Waals surface area contributed by atoms with Crippen LogP contribution in [0.2, 0.25) is 0 Å². The zero-order valence-corrected chi connectivity index (χ0v) is 24.9. The highest BCUT2D eigenvalue weighted by Gasteiger charge is 2.43. The van der Waals surface area contributed by atoms with Crippen LogP contribution in [0.25, 0.3) is 0 Å². The van der Waals surface area contributed by atoms with Crippen molar-refractivity contribution in [1.82, 2.24) is 10.2 Å². The van der Waals surface area contributed by atoms with Gasteiger partial charge in [-0.3, -0.25) is 14.4 Å². The largest absolute Gasteiger partial charge is 0.497 e. The smallest absolute Gasteiger partial charge is 0.408 e. The quantitative estimate of drug-likeness (QED) is 0.420. The van der Waals surface area contributed by atoms with E-state index in [1.165, 1.54) is 4.90 Å². The van der Waals surface area contributed by atoms with Gasteiger partial charge in [0.2, 0.25) is 11.8 Å². The molecule has 0 bridgehead atoms. The topological polar surface area (TPSA) is 140 Å². The summed E-state index contributed by atoms with van der Waals surface area (Å²) in [6.45, 7) is 14.1. The highest BCUT2D eigenvalue weighted by atomic mass is 16.6. The number of nitrogens with zero attached hydrogens (tertiary/aromatic N) is 1. The molecule has 218 valence electrons. The average molecular weight is 555 g/mol. The van der Waals surface area contributed by atoms with Gasteiger partial charge >= 0.3 is 6.09 Å². The Hall–Kier alpha value is -4.08. The Morgan fingerprint density at radius 2 is 1.55 bits per heavy atom. The van der Waals surface area contributed by atoms with Crippen molar-refractivity contribution >= 4 is 29.5 Å². The number of amides is 4. The van der Waals surface area contributed by atoms with Crippen LogP contribution in [-0.4, -0.2) is 53.0 Å². The highest BCUT2D eigenvalue weighted by molar-refractivity contribution is 6.00. The second-order valence-electron chi connectivity index (χ2n) is 11.7. The van der Waals surface area contributed by atoms with Crippen molar-refractivity contribution < 1.29 is 28.7 Å². The predicted molar refractivity (Wildman–Crippen MR) is 154 cm³/mol. The van der Waals surface area contributed by atoms with Crippen LogP contribution in [0, 0.1) is 13.8 Å². The second kappa shape index (κ2) is 12.8. The lowest BCUT2D eigenvalue weighted by molar-refractivity contribution is -0.147. The molecule has 0 heterocycles. The van der Waals surface area contributed by atoms with Crippen molar-refractivity contribution in [3.05, 3.63) is 59.2 Å². The van der Waals surface area contributed by atoms with Crippen LogP contribution >= 0.6 is 0 Å². The first kappa shape index (κ1) is 32.1. The molecule has 2 rings (SSSR count). The van der Waals surface area contributed by atoms with Crippen LogP contribution in [0.5, 0.6) is 5.75 Å². The van der Waals surface area contributed by atoms with E-state index in [1.807, 2.05) is 32.0 Å². The number of methoxy groups -OCH3 is 1. The molecular weight excluding hydrogens is 512 g/mol. The molecule has 0 aliphatic heterocycles. The highest BCUT2D eigenvalue weighted by Crippen LogP contribution is 2.33. The first-order valence-corrected chi connectivity index (χ1v) is 13.1. The predicted octanol–water partition coefficient (Wildman–Crippen LogP) is 4.39. The fourth-order valence-corrected chi connectivity index (χ4v) is 4.20. The lowest BCUT2D eigenvalue weighted by atomic mass is 9.91. The fourth-order valence-electron chi connectivity index (χ4n) is 4.20. The molecule has 0 spiro atoms. The third-order valence-corrected chi connectivity index (χ3v) is 5.95. The van der Waals surface area contributed by atoms with Crippen LogP contribution in [-0.2, 0) is 19.1 Å². The molecule has 2 unspecified atom stereocenters. The van der Waals surface area contributed by atoms with Gasteiger partial charge < -0.3 is 30.7 Å². The van der Waals surface area contributed by atoms with Crippen LogP contribution in [0.4, 0.5) is 10.5 Å². The number of primary amides is 1. The van der Waals surface area contributed by atoms with Gasteiger partial charge in [0, 0.05) is 11.2 Å². The maximum absolute atomic E-state index is 14.2. The zero-order chi connectivity index (χ0) is 30.4. The number of ether oxygens (including phenoxy) is 2. The Balaban J connectivity index is 2.64. The SMILES string of the molecule is COc1ccc(NC(=O)C(c2cc(C)ccc2C)N(C(=O)C(CC(N)=O)NC(=O)OC(C)(C)C)C(C)(C)C)cc1. The summed E-state index contributed by atoms with van der Waals surface area (Å²) in [6.07, 6.45) is -1.36. The third-order valence-electron chi connectivity index (χ3n) is 5.95. The number of hydrogen-bond acceptors (Lipinski definition) is 6. The van der Waals surface area contributed by atoms with Crippen LogP contribution < -0.4 is 21.1 Å². The number of nitrogens with one attached hydrogen (secondary N) is 2. The van der Waals surface area contributed by atoms with E-state index in [9.17, 15) is 19.2 Å². The molecule has 2 aromatic carbocycles.